The molecule has 1 saturated heterocycles. The molecule has 3 aromatic carbocycles. The number of H-pyrrole nitrogens is 1. The van der Waals surface area contributed by atoms with Crippen molar-refractivity contribution in [1.82, 2.24) is 14.2 Å². The summed E-state index contributed by atoms with van der Waals surface area (Å²) >= 11 is 0. The van der Waals surface area contributed by atoms with Crippen LogP contribution in [0.1, 0.15) is 63.5 Å². The topological polar surface area (TPSA) is 119 Å². The molecular weight excluding hydrogens is 627 g/mol. The van der Waals surface area contributed by atoms with Gasteiger partial charge in [-0.2, -0.15) is 5.26 Å². The summed E-state index contributed by atoms with van der Waals surface area (Å²) in [6.45, 7) is 8.63. The van der Waals surface area contributed by atoms with Crippen LogP contribution in [0, 0.1) is 11.3 Å². The lowest BCUT2D eigenvalue weighted by molar-refractivity contribution is -0.0925. The van der Waals surface area contributed by atoms with Gasteiger partial charge in [-0.05, 0) is 44.4 Å². The maximum Gasteiger partial charge on any atom is 0.330 e. The Morgan fingerprint density at radius 2 is 1.46 bits per heavy atom. The van der Waals surface area contributed by atoms with E-state index in [-0.39, 0.29) is 31.7 Å². The highest BCUT2D eigenvalue weighted by atomic mass is 31.2. The number of nitrogens with one attached hydrogen (secondary N) is 1. The average molecular weight is 671 g/mol. The minimum Gasteiger partial charge on any atom is -0.358 e. The van der Waals surface area contributed by atoms with Gasteiger partial charge in [0.25, 0.3) is 14.1 Å². The summed E-state index contributed by atoms with van der Waals surface area (Å²) in [6, 6.07) is 33.8. The molecule has 0 aliphatic carbocycles. The van der Waals surface area contributed by atoms with Crippen molar-refractivity contribution in [2.45, 2.75) is 76.7 Å². The maximum atomic E-state index is 12.9. The summed E-state index contributed by atoms with van der Waals surface area (Å²) in [5, 5.41) is 9.23. The Morgan fingerprint density at radius 3 is 1.94 bits per heavy atom. The third-order valence-electron chi connectivity index (χ3n) is 8.23. The minimum atomic E-state index is -1.62. The zero-order valence-corrected chi connectivity index (χ0v) is 28.7. The standard InChI is InChI=1S/C37H43N4O6P/c1-27(2)41(28(3)4)48(45-24-14-22-38)47-32-25-35(40-23-21-34(42)39-36(40)43)46-33(32)26-44-37(29-15-8-5-9-16-29,30-17-10-6-11-18-30)31-19-12-7-13-20-31/h5-13,15-21,23,27-28,32-33,35H,14,24-26H2,1-4H3,(H,39,42,43)/t32-,33-,35-,48?/m1/s1. The summed E-state index contributed by atoms with van der Waals surface area (Å²) in [7, 11) is -1.62. The number of benzene rings is 3. The predicted molar refractivity (Wildman–Crippen MR) is 185 cm³/mol. The number of aromatic nitrogens is 2. The van der Waals surface area contributed by atoms with E-state index in [0.29, 0.717) is 6.42 Å². The van der Waals surface area contributed by atoms with E-state index in [4.69, 9.17) is 18.5 Å². The quantitative estimate of drug-likeness (QED) is 0.0866. The molecule has 252 valence electrons. The van der Waals surface area contributed by atoms with Gasteiger partial charge in [0.2, 0.25) is 0 Å². The van der Waals surface area contributed by atoms with Crippen molar-refractivity contribution in [3.8, 4) is 6.07 Å². The van der Waals surface area contributed by atoms with Crippen LogP contribution in [0.4, 0.5) is 0 Å². The van der Waals surface area contributed by atoms with Gasteiger partial charge in [-0.3, -0.25) is 14.3 Å². The molecule has 0 amide bonds. The second-order valence-corrected chi connectivity index (χ2v) is 13.6. The average Bonchev–Trinajstić information content (AvgIpc) is 3.48. The molecule has 1 aromatic heterocycles. The zero-order valence-electron chi connectivity index (χ0n) is 27.8. The number of ether oxygens (including phenoxy) is 2. The first-order valence-electron chi connectivity index (χ1n) is 16.3. The van der Waals surface area contributed by atoms with Crippen molar-refractivity contribution < 1.29 is 18.5 Å². The highest BCUT2D eigenvalue weighted by Gasteiger charge is 2.45. The van der Waals surface area contributed by atoms with E-state index in [1.165, 1.54) is 16.8 Å². The number of rotatable bonds is 15. The second kappa shape index (κ2) is 16.4. The molecular formula is C37H43N4O6P. The van der Waals surface area contributed by atoms with Gasteiger partial charge in [-0.25, -0.2) is 9.46 Å². The van der Waals surface area contributed by atoms with Crippen LogP contribution in [0.5, 0.6) is 0 Å². The minimum absolute atomic E-state index is 0.0923. The smallest absolute Gasteiger partial charge is 0.330 e. The molecule has 0 spiro atoms. The van der Waals surface area contributed by atoms with E-state index in [1.54, 1.807) is 0 Å². The molecule has 10 nitrogen and oxygen atoms in total. The Labute approximate surface area is 282 Å². The van der Waals surface area contributed by atoms with Gasteiger partial charge >= 0.3 is 5.69 Å². The molecule has 5 rings (SSSR count). The van der Waals surface area contributed by atoms with Crippen LogP contribution in [-0.2, 0) is 24.1 Å². The number of hydrogen-bond donors (Lipinski definition) is 1. The molecule has 1 fully saturated rings. The Morgan fingerprint density at radius 1 is 0.917 bits per heavy atom. The predicted octanol–water partition coefficient (Wildman–Crippen LogP) is 6.49. The highest BCUT2D eigenvalue weighted by Crippen LogP contribution is 2.50. The van der Waals surface area contributed by atoms with Crippen LogP contribution in [0.2, 0.25) is 0 Å². The van der Waals surface area contributed by atoms with Crippen LogP contribution in [0.3, 0.4) is 0 Å². The van der Waals surface area contributed by atoms with E-state index < -0.39 is 43.8 Å². The van der Waals surface area contributed by atoms with Crippen LogP contribution in [-0.4, -0.2) is 51.7 Å². The molecule has 0 radical (unpaired) electrons. The summed E-state index contributed by atoms with van der Waals surface area (Å²) < 4.78 is 30.3. The molecule has 2 heterocycles. The van der Waals surface area contributed by atoms with E-state index in [1.807, 2.05) is 54.6 Å². The summed E-state index contributed by atoms with van der Waals surface area (Å²) in [5.74, 6) is 0. The number of nitrogens with zero attached hydrogens (tertiary/aromatic N) is 3. The van der Waals surface area contributed by atoms with E-state index in [0.717, 1.165) is 16.7 Å². The van der Waals surface area contributed by atoms with Gasteiger partial charge in [0, 0.05) is 30.8 Å². The molecule has 4 aromatic rings. The normalized spacial score (nSPS) is 18.8. The van der Waals surface area contributed by atoms with Crippen molar-refractivity contribution in [2.24, 2.45) is 0 Å². The fourth-order valence-corrected chi connectivity index (χ4v) is 7.93. The van der Waals surface area contributed by atoms with Crippen LogP contribution >= 0.6 is 8.53 Å². The lowest BCUT2D eigenvalue weighted by Crippen LogP contribution is -2.39. The van der Waals surface area contributed by atoms with Crippen molar-refractivity contribution >= 4 is 8.53 Å². The molecule has 1 N–H and O–H groups in total. The molecule has 1 unspecified atom stereocenters. The number of aromatic amines is 1. The largest absolute Gasteiger partial charge is 0.358 e. The van der Waals surface area contributed by atoms with Crippen molar-refractivity contribution in [1.29, 1.82) is 5.26 Å². The zero-order chi connectivity index (χ0) is 34.1. The third-order valence-corrected chi connectivity index (χ3v) is 10.4. The fourth-order valence-electron chi connectivity index (χ4n) is 6.17. The first-order valence-corrected chi connectivity index (χ1v) is 17.4. The van der Waals surface area contributed by atoms with Gasteiger partial charge in [0.15, 0.2) is 0 Å². The Bertz CT molecular complexity index is 1640. The van der Waals surface area contributed by atoms with E-state index >= 15 is 0 Å². The maximum absolute atomic E-state index is 12.9. The van der Waals surface area contributed by atoms with Crippen molar-refractivity contribution in [3.63, 3.8) is 0 Å². The Balaban J connectivity index is 1.55. The van der Waals surface area contributed by atoms with Gasteiger partial charge in [-0.15, -0.1) is 0 Å². The molecule has 11 heteroatoms. The summed E-state index contributed by atoms with van der Waals surface area (Å²) in [5.41, 5.74) is 0.774. The molecule has 0 bridgehead atoms. The van der Waals surface area contributed by atoms with Gasteiger partial charge in [0.1, 0.15) is 17.9 Å². The SMILES string of the molecule is CC(C)N(C(C)C)P(OCCC#N)O[C@@H]1C[C@H](n2ccc(=O)[nH]c2=O)O[C@@H]1COC(c1ccccc1)(c1ccccc1)c1ccccc1. The van der Waals surface area contributed by atoms with E-state index in [2.05, 4.69) is 79.8 Å². The molecule has 4 atom stereocenters. The molecule has 1 aliphatic heterocycles. The second-order valence-electron chi connectivity index (χ2n) is 12.2. The van der Waals surface area contributed by atoms with E-state index in [9.17, 15) is 14.9 Å². The first-order chi connectivity index (χ1) is 23.2. The van der Waals surface area contributed by atoms with Crippen molar-refractivity contribution in [3.05, 3.63) is 141 Å². The van der Waals surface area contributed by atoms with Gasteiger partial charge in [-0.1, -0.05) is 91.0 Å². The molecule has 48 heavy (non-hydrogen) atoms. The molecule has 0 saturated carbocycles. The van der Waals surface area contributed by atoms with Crippen molar-refractivity contribution in [2.75, 3.05) is 13.2 Å². The number of hydrogen-bond acceptors (Lipinski definition) is 8. The summed E-state index contributed by atoms with van der Waals surface area (Å²) in [6.07, 6.45) is 0.0598. The first kappa shape index (κ1) is 35.4. The lowest BCUT2D eigenvalue weighted by Gasteiger charge is -2.39. The molecule has 1 aliphatic rings. The van der Waals surface area contributed by atoms with Gasteiger partial charge in [0.05, 0.1) is 31.8 Å². The summed E-state index contributed by atoms with van der Waals surface area (Å²) in [4.78, 5) is 27.1. The van der Waals surface area contributed by atoms with Gasteiger partial charge < -0.3 is 18.5 Å². The fraction of sp³-hybridized carbons (Fsp3) is 0.378. The highest BCUT2D eigenvalue weighted by molar-refractivity contribution is 7.44. The lowest BCUT2D eigenvalue weighted by atomic mass is 9.80. The van der Waals surface area contributed by atoms with Crippen LogP contribution < -0.4 is 11.2 Å². The Kier molecular flexibility index (Phi) is 12.1. The van der Waals surface area contributed by atoms with Crippen LogP contribution in [0.15, 0.2) is 113 Å². The van der Waals surface area contributed by atoms with Crippen LogP contribution in [0.25, 0.3) is 0 Å². The Hall–Kier alpha value is -3.94. The number of nitriles is 1. The monoisotopic (exact) mass is 670 g/mol. The third kappa shape index (κ3) is 8.01.